The number of aromatic amines is 1. The molecule has 0 aliphatic carbocycles. The van der Waals surface area contributed by atoms with Crippen LogP contribution in [0.15, 0.2) is 25.0 Å². The summed E-state index contributed by atoms with van der Waals surface area (Å²) in [7, 11) is 0. The number of aromatic nitrogens is 7. The second kappa shape index (κ2) is 3.57. The summed E-state index contributed by atoms with van der Waals surface area (Å²) in [5.41, 5.74) is 0.682. The van der Waals surface area contributed by atoms with Gasteiger partial charge in [0.2, 0.25) is 5.65 Å². The molecule has 0 saturated carbocycles. The van der Waals surface area contributed by atoms with E-state index in [-0.39, 0.29) is 0 Å². The molecule has 3 rings (SSSR count). The molecule has 3 heterocycles. The van der Waals surface area contributed by atoms with Crippen LogP contribution in [0.25, 0.3) is 5.65 Å². The molecule has 0 unspecified atom stereocenters. The van der Waals surface area contributed by atoms with Crippen LogP contribution in [-0.2, 0) is 6.54 Å². The molecule has 16 heavy (non-hydrogen) atoms. The number of hydrogen-bond acceptors (Lipinski definition) is 6. The van der Waals surface area contributed by atoms with Crippen LogP contribution in [0.5, 0.6) is 0 Å². The van der Waals surface area contributed by atoms with Crippen LogP contribution in [0.1, 0.15) is 5.82 Å². The molecule has 0 atom stereocenters. The number of hydrogen-bond donors (Lipinski definition) is 2. The molecule has 2 N–H and O–H groups in total. The highest BCUT2D eigenvalue weighted by molar-refractivity contribution is 5.61. The van der Waals surface area contributed by atoms with Gasteiger partial charge in [0.1, 0.15) is 18.5 Å². The second-order valence-corrected chi connectivity index (χ2v) is 3.12. The van der Waals surface area contributed by atoms with Gasteiger partial charge in [-0.25, -0.2) is 9.97 Å². The highest BCUT2D eigenvalue weighted by Gasteiger charge is 2.04. The van der Waals surface area contributed by atoms with Gasteiger partial charge in [0, 0.05) is 12.4 Å². The third-order valence-electron chi connectivity index (χ3n) is 2.10. The Morgan fingerprint density at radius 3 is 3.25 bits per heavy atom. The van der Waals surface area contributed by atoms with E-state index in [0.717, 1.165) is 5.82 Å². The van der Waals surface area contributed by atoms with E-state index in [1.165, 1.54) is 6.33 Å². The predicted molar refractivity (Wildman–Crippen MR) is 54.5 cm³/mol. The molecule has 0 aliphatic rings. The molecule has 0 radical (unpaired) electrons. The Hall–Kier alpha value is -2.51. The largest absolute Gasteiger partial charge is 0.360 e. The van der Waals surface area contributed by atoms with Crippen molar-refractivity contribution in [2.24, 2.45) is 0 Å². The van der Waals surface area contributed by atoms with Crippen molar-refractivity contribution in [2.75, 3.05) is 5.32 Å². The Balaban J connectivity index is 1.86. The molecular weight excluding hydrogens is 208 g/mol. The van der Waals surface area contributed by atoms with Crippen molar-refractivity contribution in [3.8, 4) is 0 Å². The van der Waals surface area contributed by atoms with Gasteiger partial charge in [-0.1, -0.05) is 0 Å². The van der Waals surface area contributed by atoms with Crippen LogP contribution >= 0.6 is 0 Å². The molecule has 0 aromatic carbocycles. The number of anilines is 1. The van der Waals surface area contributed by atoms with Gasteiger partial charge in [0.25, 0.3) is 0 Å². The quantitative estimate of drug-likeness (QED) is 0.632. The fraction of sp³-hybridized carbons (Fsp3) is 0.125. The maximum Gasteiger partial charge on any atom is 0.203 e. The van der Waals surface area contributed by atoms with Crippen molar-refractivity contribution >= 4 is 11.5 Å². The molecular formula is C8H8N8. The van der Waals surface area contributed by atoms with Crippen molar-refractivity contribution in [1.82, 2.24) is 34.8 Å². The lowest BCUT2D eigenvalue weighted by atomic mass is 10.5. The molecule has 8 heteroatoms. The SMILES string of the molecule is c1n[nH]c(CNc2nccn3cnnc23)n1. The van der Waals surface area contributed by atoms with Crippen LogP contribution in [0.3, 0.4) is 0 Å². The summed E-state index contributed by atoms with van der Waals surface area (Å²) in [6.07, 6.45) is 6.55. The summed E-state index contributed by atoms with van der Waals surface area (Å²) in [4.78, 5) is 8.18. The Morgan fingerprint density at radius 1 is 1.38 bits per heavy atom. The Labute approximate surface area is 89.8 Å². The number of nitrogens with zero attached hydrogens (tertiary/aromatic N) is 6. The zero-order valence-electron chi connectivity index (χ0n) is 8.20. The van der Waals surface area contributed by atoms with Gasteiger partial charge >= 0.3 is 0 Å². The minimum absolute atomic E-state index is 0.513. The van der Waals surface area contributed by atoms with E-state index in [9.17, 15) is 0 Å². The van der Waals surface area contributed by atoms with E-state index in [4.69, 9.17) is 0 Å². The van der Waals surface area contributed by atoms with Gasteiger partial charge in [-0.3, -0.25) is 9.50 Å². The minimum atomic E-state index is 0.513. The van der Waals surface area contributed by atoms with Crippen LogP contribution in [-0.4, -0.2) is 34.8 Å². The van der Waals surface area contributed by atoms with E-state index < -0.39 is 0 Å². The predicted octanol–water partition coefficient (Wildman–Crippen LogP) is -0.146. The molecule has 3 aromatic rings. The smallest absolute Gasteiger partial charge is 0.203 e. The second-order valence-electron chi connectivity index (χ2n) is 3.12. The fourth-order valence-electron chi connectivity index (χ4n) is 1.37. The van der Waals surface area contributed by atoms with Gasteiger partial charge < -0.3 is 5.32 Å². The van der Waals surface area contributed by atoms with Crippen molar-refractivity contribution < 1.29 is 0 Å². The monoisotopic (exact) mass is 216 g/mol. The van der Waals surface area contributed by atoms with Crippen molar-refractivity contribution in [3.63, 3.8) is 0 Å². The summed E-state index contributed by atoms with van der Waals surface area (Å²) in [6.45, 7) is 0.513. The van der Waals surface area contributed by atoms with Crippen LogP contribution in [0.2, 0.25) is 0 Å². The van der Waals surface area contributed by atoms with Gasteiger partial charge in [-0.15, -0.1) is 10.2 Å². The van der Waals surface area contributed by atoms with Crippen LogP contribution < -0.4 is 5.32 Å². The van der Waals surface area contributed by atoms with E-state index in [1.54, 1.807) is 23.1 Å². The minimum Gasteiger partial charge on any atom is -0.360 e. The molecule has 0 bridgehead atoms. The normalized spacial score (nSPS) is 10.8. The first-order valence-corrected chi connectivity index (χ1v) is 4.66. The highest BCUT2D eigenvalue weighted by atomic mass is 15.3. The lowest BCUT2D eigenvalue weighted by Gasteiger charge is -2.03. The van der Waals surface area contributed by atoms with Crippen molar-refractivity contribution in [1.29, 1.82) is 0 Å². The van der Waals surface area contributed by atoms with Gasteiger partial charge in [0.05, 0.1) is 6.54 Å². The lowest BCUT2D eigenvalue weighted by Crippen LogP contribution is -2.04. The van der Waals surface area contributed by atoms with Gasteiger partial charge in [0.15, 0.2) is 5.82 Å². The van der Waals surface area contributed by atoms with Gasteiger partial charge in [-0.2, -0.15) is 5.10 Å². The maximum atomic E-state index is 4.18. The first-order valence-electron chi connectivity index (χ1n) is 4.66. The first kappa shape index (κ1) is 8.77. The van der Waals surface area contributed by atoms with E-state index in [0.29, 0.717) is 18.0 Å². The molecule has 0 fully saturated rings. The summed E-state index contributed by atoms with van der Waals surface area (Å²) >= 11 is 0. The third kappa shape index (κ3) is 1.45. The fourth-order valence-corrected chi connectivity index (χ4v) is 1.37. The van der Waals surface area contributed by atoms with Crippen LogP contribution in [0.4, 0.5) is 5.82 Å². The summed E-state index contributed by atoms with van der Waals surface area (Å²) < 4.78 is 1.79. The third-order valence-corrected chi connectivity index (χ3v) is 2.10. The van der Waals surface area contributed by atoms with E-state index in [1.807, 2.05) is 0 Å². The number of fused-ring (bicyclic) bond motifs is 1. The molecule has 80 valence electrons. The Kier molecular flexibility index (Phi) is 1.96. The zero-order chi connectivity index (χ0) is 10.8. The summed E-state index contributed by atoms with van der Waals surface area (Å²) in [6, 6.07) is 0. The maximum absolute atomic E-state index is 4.18. The average molecular weight is 216 g/mol. The zero-order valence-corrected chi connectivity index (χ0v) is 8.20. The van der Waals surface area contributed by atoms with E-state index >= 15 is 0 Å². The summed E-state index contributed by atoms with van der Waals surface area (Å²) in [5, 5.41) is 17.4. The van der Waals surface area contributed by atoms with Gasteiger partial charge in [-0.05, 0) is 0 Å². The molecule has 3 aromatic heterocycles. The molecule has 0 spiro atoms. The topological polar surface area (TPSA) is 96.7 Å². The standard InChI is InChI=1S/C8H8N8/c1-2-16-5-13-15-8(16)7(9-1)10-3-6-11-4-12-14-6/h1-2,4-5H,3H2,(H,9,10)(H,11,12,14). The Morgan fingerprint density at radius 2 is 2.38 bits per heavy atom. The lowest BCUT2D eigenvalue weighted by molar-refractivity contribution is 0.944. The average Bonchev–Trinajstić information content (AvgIpc) is 2.97. The van der Waals surface area contributed by atoms with Crippen LogP contribution in [0, 0.1) is 0 Å². The molecule has 0 amide bonds. The summed E-state index contributed by atoms with van der Waals surface area (Å²) in [5.74, 6) is 1.40. The first-order chi connectivity index (χ1) is 7.93. The highest BCUT2D eigenvalue weighted by Crippen LogP contribution is 2.09. The van der Waals surface area contributed by atoms with E-state index in [2.05, 4.69) is 35.7 Å². The molecule has 0 saturated heterocycles. The number of rotatable bonds is 3. The molecule has 0 aliphatic heterocycles. The Bertz CT molecular complexity index is 583. The van der Waals surface area contributed by atoms with Crippen molar-refractivity contribution in [2.45, 2.75) is 6.54 Å². The number of nitrogens with one attached hydrogen (secondary N) is 2. The number of H-pyrrole nitrogens is 1. The molecule has 8 nitrogen and oxygen atoms in total. The van der Waals surface area contributed by atoms with Crippen molar-refractivity contribution in [3.05, 3.63) is 30.9 Å².